The second kappa shape index (κ2) is 11.4. The molecule has 1 N–H and O–H groups in total. The second-order valence-electron chi connectivity index (χ2n) is 8.78. The number of ether oxygens (including phenoxy) is 2. The van der Waals surface area contributed by atoms with Gasteiger partial charge < -0.3 is 9.47 Å². The Morgan fingerprint density at radius 1 is 1.05 bits per heavy atom. The summed E-state index contributed by atoms with van der Waals surface area (Å²) in [5.41, 5.74) is 2.94. The van der Waals surface area contributed by atoms with Gasteiger partial charge in [0.2, 0.25) is 5.17 Å². The van der Waals surface area contributed by atoms with E-state index in [0.29, 0.717) is 35.1 Å². The van der Waals surface area contributed by atoms with E-state index in [1.165, 1.54) is 22.3 Å². The molecule has 192 valence electrons. The van der Waals surface area contributed by atoms with Crippen LogP contribution in [0.3, 0.4) is 0 Å². The van der Waals surface area contributed by atoms with Crippen LogP contribution in [0.25, 0.3) is 6.08 Å². The lowest BCUT2D eigenvalue weighted by Crippen LogP contribution is -2.35. The van der Waals surface area contributed by atoms with E-state index in [0.717, 1.165) is 23.3 Å². The Labute approximate surface area is 225 Å². The van der Waals surface area contributed by atoms with E-state index in [1.807, 2.05) is 54.6 Å². The zero-order valence-corrected chi connectivity index (χ0v) is 21.9. The Kier molecular flexibility index (Phi) is 7.65. The smallest absolute Gasteiger partial charge is 0.283 e. The van der Waals surface area contributed by atoms with Gasteiger partial charge in [-0.25, -0.2) is 0 Å². The molecule has 38 heavy (non-hydrogen) atoms. The molecule has 8 nitrogen and oxygen atoms in total. The van der Waals surface area contributed by atoms with Crippen LogP contribution in [0.1, 0.15) is 42.9 Å². The number of hydrogen-bond donors (Lipinski definition) is 1. The molecule has 0 bridgehead atoms. The zero-order valence-electron chi connectivity index (χ0n) is 21.1. The Hall–Kier alpha value is -4.24. The molecule has 0 saturated carbocycles. The number of aliphatic imine (C=N–C) groups is 1. The minimum absolute atomic E-state index is 0.0125. The van der Waals surface area contributed by atoms with Gasteiger partial charge in [-0.15, -0.1) is 0 Å². The first-order valence-corrected chi connectivity index (χ1v) is 13.2. The quantitative estimate of drug-likeness (QED) is 0.283. The van der Waals surface area contributed by atoms with E-state index in [4.69, 9.17) is 14.9 Å². The van der Waals surface area contributed by atoms with Crippen molar-refractivity contribution in [2.24, 2.45) is 10.1 Å². The molecular formula is C29H27N5O3S. The van der Waals surface area contributed by atoms with E-state index >= 15 is 0 Å². The van der Waals surface area contributed by atoms with Crippen molar-refractivity contribution in [2.75, 3.05) is 13.2 Å². The van der Waals surface area contributed by atoms with Gasteiger partial charge in [-0.3, -0.25) is 15.2 Å². The van der Waals surface area contributed by atoms with Crippen LogP contribution in [-0.4, -0.2) is 45.2 Å². The van der Waals surface area contributed by atoms with E-state index < -0.39 is 5.91 Å². The molecule has 9 heteroatoms. The van der Waals surface area contributed by atoms with Crippen molar-refractivity contribution in [3.63, 3.8) is 0 Å². The maximum atomic E-state index is 12.7. The van der Waals surface area contributed by atoms with Crippen LogP contribution < -0.4 is 9.47 Å². The first-order chi connectivity index (χ1) is 18.5. The predicted molar refractivity (Wildman–Crippen MR) is 151 cm³/mol. The van der Waals surface area contributed by atoms with Crippen molar-refractivity contribution >= 4 is 39.8 Å². The van der Waals surface area contributed by atoms with Crippen molar-refractivity contribution < 1.29 is 14.3 Å². The Balaban J connectivity index is 1.20. The van der Waals surface area contributed by atoms with Gasteiger partial charge in [-0.2, -0.15) is 15.1 Å². The highest BCUT2D eigenvalue weighted by atomic mass is 32.2. The monoisotopic (exact) mass is 525 g/mol. The van der Waals surface area contributed by atoms with Crippen LogP contribution in [0.15, 0.2) is 88.7 Å². The highest BCUT2D eigenvalue weighted by molar-refractivity contribution is 8.27. The maximum Gasteiger partial charge on any atom is 0.283 e. The average molecular weight is 526 g/mol. The topological polar surface area (TPSA) is 100 Å². The normalized spacial score (nSPS) is 16.7. The number of nitrogens with zero attached hydrogens (tertiary/aromatic N) is 4. The van der Waals surface area contributed by atoms with Gasteiger partial charge in [0, 0.05) is 18.0 Å². The molecule has 0 spiro atoms. The Morgan fingerprint density at radius 2 is 1.84 bits per heavy atom. The molecule has 0 saturated heterocycles. The highest BCUT2D eigenvalue weighted by Crippen LogP contribution is 2.31. The lowest BCUT2D eigenvalue weighted by atomic mass is 9.98. The molecule has 1 aromatic heterocycles. The van der Waals surface area contributed by atoms with Crippen LogP contribution in [0.2, 0.25) is 0 Å². The third kappa shape index (κ3) is 5.52. The van der Waals surface area contributed by atoms with Gasteiger partial charge >= 0.3 is 0 Å². The third-order valence-corrected chi connectivity index (χ3v) is 7.18. The number of pyridine rings is 1. The number of aromatic nitrogens is 1. The van der Waals surface area contributed by atoms with E-state index in [9.17, 15) is 4.79 Å². The number of para-hydroxylation sites is 1. The number of amidine groups is 2. The van der Waals surface area contributed by atoms with Crippen molar-refractivity contribution in [2.45, 2.75) is 26.2 Å². The summed E-state index contributed by atoms with van der Waals surface area (Å²) >= 11 is 1.25. The number of fused-ring (bicyclic) bond motifs is 1. The SMILES string of the molecule is CC[C@H](C)c1ccccc1OCCOc1ccc(/C=C2/C(=N)N3N=C(c4cccnc4)SC3=NC2=O)cc1. The summed E-state index contributed by atoms with van der Waals surface area (Å²) in [6.45, 7) is 5.20. The van der Waals surface area contributed by atoms with Gasteiger partial charge in [0.15, 0.2) is 5.84 Å². The number of nitrogens with one attached hydrogen (secondary N) is 1. The number of carbonyl (C=O) groups is 1. The maximum absolute atomic E-state index is 12.7. The molecule has 2 aliphatic rings. The number of rotatable bonds is 9. The molecular weight excluding hydrogens is 498 g/mol. The van der Waals surface area contributed by atoms with Crippen LogP contribution in [-0.2, 0) is 4.79 Å². The van der Waals surface area contributed by atoms with Crippen LogP contribution >= 0.6 is 11.8 Å². The summed E-state index contributed by atoms with van der Waals surface area (Å²) in [6, 6.07) is 19.1. The molecule has 2 aliphatic heterocycles. The van der Waals surface area contributed by atoms with E-state index in [1.54, 1.807) is 18.5 Å². The van der Waals surface area contributed by atoms with Crippen molar-refractivity contribution in [1.29, 1.82) is 5.41 Å². The predicted octanol–water partition coefficient (Wildman–Crippen LogP) is 5.72. The average Bonchev–Trinajstić information content (AvgIpc) is 3.38. The molecule has 2 aromatic carbocycles. The van der Waals surface area contributed by atoms with Gasteiger partial charge in [0.25, 0.3) is 5.91 Å². The third-order valence-electron chi connectivity index (χ3n) is 6.23. The minimum Gasteiger partial charge on any atom is -0.490 e. The first-order valence-electron chi connectivity index (χ1n) is 12.4. The summed E-state index contributed by atoms with van der Waals surface area (Å²) in [5, 5.41) is 15.4. The minimum atomic E-state index is -0.466. The number of benzene rings is 2. The molecule has 0 fully saturated rings. The Morgan fingerprint density at radius 3 is 2.61 bits per heavy atom. The second-order valence-corrected chi connectivity index (χ2v) is 9.74. The lowest BCUT2D eigenvalue weighted by molar-refractivity contribution is -0.114. The number of hydrogen-bond acceptors (Lipinski definition) is 7. The summed E-state index contributed by atoms with van der Waals surface area (Å²) < 4.78 is 11.8. The highest BCUT2D eigenvalue weighted by Gasteiger charge is 2.36. The van der Waals surface area contributed by atoms with Crippen molar-refractivity contribution in [3.05, 3.63) is 95.3 Å². The number of carbonyl (C=O) groups excluding carboxylic acids is 1. The van der Waals surface area contributed by atoms with Crippen molar-refractivity contribution in [3.8, 4) is 11.5 Å². The first kappa shape index (κ1) is 25.4. The lowest BCUT2D eigenvalue weighted by Gasteiger charge is -2.20. The number of amides is 1. The fourth-order valence-electron chi connectivity index (χ4n) is 3.98. The van der Waals surface area contributed by atoms with E-state index in [-0.39, 0.29) is 11.4 Å². The fraction of sp³-hybridized carbons (Fsp3) is 0.207. The van der Waals surface area contributed by atoms with Gasteiger partial charge in [-0.05, 0) is 71.6 Å². The molecule has 1 atom stereocenters. The van der Waals surface area contributed by atoms with E-state index in [2.05, 4.69) is 35.0 Å². The molecule has 1 amide bonds. The fourth-order valence-corrected chi connectivity index (χ4v) is 4.86. The van der Waals surface area contributed by atoms with Gasteiger partial charge in [-0.1, -0.05) is 44.2 Å². The zero-order chi connectivity index (χ0) is 26.5. The van der Waals surface area contributed by atoms with Crippen molar-refractivity contribution in [1.82, 2.24) is 9.99 Å². The molecule has 0 radical (unpaired) electrons. The van der Waals surface area contributed by atoms with Gasteiger partial charge in [0.1, 0.15) is 29.8 Å². The van der Waals surface area contributed by atoms with Crippen LogP contribution in [0, 0.1) is 5.41 Å². The van der Waals surface area contributed by atoms with Crippen LogP contribution in [0.4, 0.5) is 0 Å². The molecule has 3 aromatic rings. The molecule has 3 heterocycles. The summed E-state index contributed by atoms with van der Waals surface area (Å²) in [7, 11) is 0. The van der Waals surface area contributed by atoms with Crippen LogP contribution in [0.5, 0.6) is 11.5 Å². The standard InChI is InChI=1S/C29H27N5O3S/c1-3-19(2)23-8-4-5-9-25(23)37-16-15-36-22-12-10-20(11-13-22)17-24-26(30)34-29(32-27(24)35)38-28(33-34)21-7-6-14-31-18-21/h4-14,17-19,30H,3,15-16H2,1-2H3/b24-17-,30-26?/t19-/m0/s1. The molecule has 0 aliphatic carbocycles. The number of hydrazone groups is 1. The summed E-state index contributed by atoms with van der Waals surface area (Å²) in [4.78, 5) is 21.0. The molecule has 5 rings (SSSR count). The number of thioether (sulfide) groups is 1. The summed E-state index contributed by atoms with van der Waals surface area (Å²) in [6.07, 6.45) is 6.06. The largest absolute Gasteiger partial charge is 0.490 e. The van der Waals surface area contributed by atoms with Gasteiger partial charge in [0.05, 0.1) is 5.57 Å². The molecule has 0 unspecified atom stereocenters. The Bertz CT molecular complexity index is 1430. The summed E-state index contributed by atoms with van der Waals surface area (Å²) in [5.74, 6) is 1.54.